The highest BCUT2D eigenvalue weighted by Gasteiger charge is 2.48. The number of sulfone groups is 1. The van der Waals surface area contributed by atoms with Crippen molar-refractivity contribution >= 4 is 15.7 Å². The maximum atomic E-state index is 13.1. The Kier molecular flexibility index (Phi) is 4.48. The Labute approximate surface area is 148 Å². The lowest BCUT2D eigenvalue weighted by atomic mass is 10.2. The van der Waals surface area contributed by atoms with E-state index >= 15 is 0 Å². The lowest BCUT2D eigenvalue weighted by molar-refractivity contribution is -0.139. The molecule has 1 heterocycles. The standard InChI is InChI=1S/C16H16F3N3O3S/c17-16(18,19)11-3-1-2-4-13(11)26(24,25)10-7-12(21-8-10)14(23)22-15(9-20)5-6-15/h1-4,10,12,21H,5-8H2,(H,22,23). The maximum absolute atomic E-state index is 13.1. The molecule has 1 saturated carbocycles. The summed E-state index contributed by atoms with van der Waals surface area (Å²) in [5.41, 5.74) is -2.10. The number of alkyl halides is 3. The van der Waals surface area contributed by atoms with Crippen LogP contribution in [0.1, 0.15) is 24.8 Å². The van der Waals surface area contributed by atoms with E-state index < -0.39 is 49.2 Å². The van der Waals surface area contributed by atoms with Gasteiger partial charge in [-0.05, 0) is 31.4 Å². The van der Waals surface area contributed by atoms with Crippen molar-refractivity contribution in [2.75, 3.05) is 6.54 Å². The quantitative estimate of drug-likeness (QED) is 0.813. The molecule has 1 saturated heterocycles. The SMILES string of the molecule is N#CC1(NC(=O)C2CC(S(=O)(=O)c3ccccc3C(F)(F)F)CN2)CC1. The third-order valence-corrected chi connectivity index (χ3v) is 6.88. The van der Waals surface area contributed by atoms with Gasteiger partial charge < -0.3 is 10.6 Å². The third kappa shape index (κ3) is 3.41. The second-order valence-corrected chi connectivity index (χ2v) is 8.74. The number of rotatable bonds is 4. The van der Waals surface area contributed by atoms with Gasteiger partial charge in [-0.15, -0.1) is 0 Å². The number of nitriles is 1. The molecule has 1 amide bonds. The summed E-state index contributed by atoms with van der Waals surface area (Å²) in [5.74, 6) is -0.508. The van der Waals surface area contributed by atoms with E-state index in [1.165, 1.54) is 6.07 Å². The summed E-state index contributed by atoms with van der Waals surface area (Å²) in [6, 6.07) is 5.15. The zero-order valence-corrected chi connectivity index (χ0v) is 14.3. The van der Waals surface area contributed by atoms with Gasteiger partial charge in [0.1, 0.15) is 5.54 Å². The van der Waals surface area contributed by atoms with Gasteiger partial charge in [-0.1, -0.05) is 12.1 Å². The molecule has 6 nitrogen and oxygen atoms in total. The van der Waals surface area contributed by atoms with Crippen LogP contribution in [0.2, 0.25) is 0 Å². The van der Waals surface area contributed by atoms with Crippen molar-refractivity contribution in [3.8, 4) is 6.07 Å². The van der Waals surface area contributed by atoms with Crippen molar-refractivity contribution in [2.45, 2.75) is 47.2 Å². The molecule has 1 aliphatic carbocycles. The Morgan fingerprint density at radius 3 is 2.54 bits per heavy atom. The van der Waals surface area contributed by atoms with Gasteiger partial charge in [-0.2, -0.15) is 18.4 Å². The van der Waals surface area contributed by atoms with E-state index in [9.17, 15) is 26.4 Å². The van der Waals surface area contributed by atoms with Gasteiger partial charge in [0.05, 0.1) is 27.8 Å². The molecule has 1 aromatic rings. The van der Waals surface area contributed by atoms with Gasteiger partial charge in [0.15, 0.2) is 9.84 Å². The number of nitrogens with one attached hydrogen (secondary N) is 2. The van der Waals surface area contributed by atoms with Gasteiger partial charge in [-0.3, -0.25) is 4.79 Å². The van der Waals surface area contributed by atoms with Crippen molar-refractivity contribution < 1.29 is 26.4 Å². The van der Waals surface area contributed by atoms with E-state index in [0.29, 0.717) is 12.8 Å². The summed E-state index contributed by atoms with van der Waals surface area (Å²) in [7, 11) is -4.28. The fourth-order valence-electron chi connectivity index (χ4n) is 2.98. The molecule has 0 radical (unpaired) electrons. The van der Waals surface area contributed by atoms with E-state index in [-0.39, 0.29) is 13.0 Å². The molecule has 1 aliphatic heterocycles. The summed E-state index contributed by atoms with van der Waals surface area (Å²) in [6.07, 6.45) is -3.88. The van der Waals surface area contributed by atoms with Crippen LogP contribution in [0.15, 0.2) is 29.2 Å². The molecule has 0 bridgehead atoms. The van der Waals surface area contributed by atoms with E-state index in [4.69, 9.17) is 5.26 Å². The van der Waals surface area contributed by atoms with Crippen LogP contribution in [0, 0.1) is 11.3 Å². The Morgan fingerprint density at radius 1 is 1.31 bits per heavy atom. The number of benzene rings is 1. The highest BCUT2D eigenvalue weighted by atomic mass is 32.2. The largest absolute Gasteiger partial charge is 0.417 e. The number of halogens is 3. The second-order valence-electron chi connectivity index (χ2n) is 6.54. The average molecular weight is 387 g/mol. The molecule has 140 valence electrons. The van der Waals surface area contributed by atoms with Crippen LogP contribution in [0.5, 0.6) is 0 Å². The van der Waals surface area contributed by atoms with E-state index in [0.717, 1.165) is 18.2 Å². The van der Waals surface area contributed by atoms with Crippen LogP contribution in [0.25, 0.3) is 0 Å². The third-order valence-electron chi connectivity index (χ3n) is 4.67. The lowest BCUT2D eigenvalue weighted by Crippen LogP contribution is -2.45. The highest BCUT2D eigenvalue weighted by molar-refractivity contribution is 7.92. The van der Waals surface area contributed by atoms with Crippen LogP contribution < -0.4 is 10.6 Å². The van der Waals surface area contributed by atoms with E-state index in [1.807, 2.05) is 6.07 Å². The first kappa shape index (κ1) is 18.7. The van der Waals surface area contributed by atoms with Gasteiger partial charge in [-0.25, -0.2) is 8.42 Å². The Bertz CT molecular complexity index is 873. The summed E-state index contributed by atoms with van der Waals surface area (Å²) in [6.45, 7) is -0.133. The zero-order valence-electron chi connectivity index (χ0n) is 13.5. The minimum atomic E-state index is -4.79. The molecular weight excluding hydrogens is 371 g/mol. The molecule has 2 unspecified atom stereocenters. The molecule has 10 heteroatoms. The molecule has 1 aromatic carbocycles. The average Bonchev–Trinajstić information content (AvgIpc) is 3.17. The number of hydrogen-bond donors (Lipinski definition) is 2. The molecular formula is C16H16F3N3O3S. The van der Waals surface area contributed by atoms with Gasteiger partial charge in [0.2, 0.25) is 5.91 Å². The first-order valence-corrected chi connectivity index (χ1v) is 9.50. The number of nitrogens with zero attached hydrogens (tertiary/aromatic N) is 1. The van der Waals surface area contributed by atoms with Crippen molar-refractivity contribution in [1.29, 1.82) is 5.26 Å². The summed E-state index contributed by atoms with van der Waals surface area (Å²) >= 11 is 0. The number of hydrogen-bond acceptors (Lipinski definition) is 5. The summed E-state index contributed by atoms with van der Waals surface area (Å²) in [5, 5.41) is 13.1. The second kappa shape index (κ2) is 6.25. The summed E-state index contributed by atoms with van der Waals surface area (Å²) < 4.78 is 64.8. The molecule has 3 rings (SSSR count). The van der Waals surface area contributed by atoms with Gasteiger partial charge in [0, 0.05) is 6.54 Å². The van der Waals surface area contributed by atoms with Gasteiger partial charge >= 0.3 is 6.18 Å². The zero-order chi connectivity index (χ0) is 19.2. The smallest absolute Gasteiger partial charge is 0.336 e. The van der Waals surface area contributed by atoms with Crippen LogP contribution in [-0.4, -0.2) is 37.7 Å². The molecule has 2 fully saturated rings. The fourth-order valence-corrected chi connectivity index (χ4v) is 4.86. The molecule has 26 heavy (non-hydrogen) atoms. The van der Waals surface area contributed by atoms with E-state index in [1.54, 1.807) is 0 Å². The molecule has 2 N–H and O–H groups in total. The molecule has 0 aromatic heterocycles. The normalized spacial score (nSPS) is 24.7. The number of carbonyl (C=O) groups excluding carboxylic acids is 1. The Hall–Kier alpha value is -2.12. The van der Waals surface area contributed by atoms with E-state index in [2.05, 4.69) is 10.6 Å². The van der Waals surface area contributed by atoms with Crippen molar-refractivity contribution in [3.63, 3.8) is 0 Å². The van der Waals surface area contributed by atoms with Crippen LogP contribution in [-0.2, 0) is 20.8 Å². The minimum absolute atomic E-state index is 0.133. The predicted octanol–water partition coefficient (Wildman–Crippen LogP) is 1.38. The maximum Gasteiger partial charge on any atom is 0.417 e. The predicted molar refractivity (Wildman–Crippen MR) is 84.5 cm³/mol. The monoisotopic (exact) mass is 387 g/mol. The molecule has 2 atom stereocenters. The van der Waals surface area contributed by atoms with Crippen LogP contribution in [0.3, 0.4) is 0 Å². The molecule has 0 spiro atoms. The van der Waals surface area contributed by atoms with Crippen LogP contribution >= 0.6 is 0 Å². The van der Waals surface area contributed by atoms with Crippen molar-refractivity contribution in [2.24, 2.45) is 0 Å². The van der Waals surface area contributed by atoms with Gasteiger partial charge in [0.25, 0.3) is 0 Å². The highest BCUT2D eigenvalue weighted by Crippen LogP contribution is 2.37. The fraction of sp³-hybridized carbons (Fsp3) is 0.500. The Morgan fingerprint density at radius 2 is 1.96 bits per heavy atom. The van der Waals surface area contributed by atoms with Crippen LogP contribution in [0.4, 0.5) is 13.2 Å². The number of amides is 1. The lowest BCUT2D eigenvalue weighted by Gasteiger charge is -2.17. The first-order valence-electron chi connectivity index (χ1n) is 7.96. The first-order chi connectivity index (χ1) is 12.1. The topological polar surface area (TPSA) is 99.1 Å². The van der Waals surface area contributed by atoms with Crippen molar-refractivity contribution in [3.05, 3.63) is 29.8 Å². The molecule has 2 aliphatic rings. The van der Waals surface area contributed by atoms with Crippen molar-refractivity contribution in [1.82, 2.24) is 10.6 Å². The number of carbonyl (C=O) groups is 1. The Balaban J connectivity index is 1.78. The summed E-state index contributed by atoms with van der Waals surface area (Å²) in [4.78, 5) is 11.4. The minimum Gasteiger partial charge on any atom is -0.336 e.